The summed E-state index contributed by atoms with van der Waals surface area (Å²) >= 11 is 0. The molecule has 6 heteroatoms. The van der Waals surface area contributed by atoms with Crippen LogP contribution in [0.4, 0.5) is 5.82 Å². The summed E-state index contributed by atoms with van der Waals surface area (Å²) in [5.41, 5.74) is 2.27. The van der Waals surface area contributed by atoms with E-state index in [2.05, 4.69) is 25.0 Å². The Bertz CT molecular complexity index is 569. The monoisotopic (exact) mass is 258 g/mol. The average Bonchev–Trinajstić information content (AvgIpc) is 2.46. The highest BCUT2D eigenvalue weighted by Gasteiger charge is 2.12. The Kier molecular flexibility index (Phi) is 4.02. The quantitative estimate of drug-likeness (QED) is 0.839. The minimum absolute atomic E-state index is 0.310. The average molecular weight is 258 g/mol. The van der Waals surface area contributed by atoms with E-state index in [-0.39, 0.29) is 0 Å². The smallest absolute Gasteiger partial charge is 0.343 e. The summed E-state index contributed by atoms with van der Waals surface area (Å²) in [4.78, 5) is 23.6. The van der Waals surface area contributed by atoms with Crippen molar-refractivity contribution in [2.24, 2.45) is 0 Å². The number of anilines is 1. The van der Waals surface area contributed by atoms with Crippen LogP contribution in [-0.2, 0) is 11.3 Å². The number of methoxy groups -OCH3 is 1. The minimum Gasteiger partial charge on any atom is -0.465 e. The molecule has 2 aromatic heterocycles. The van der Waals surface area contributed by atoms with Crippen LogP contribution >= 0.6 is 0 Å². The van der Waals surface area contributed by atoms with Crippen LogP contribution < -0.4 is 5.32 Å². The first-order valence-electron chi connectivity index (χ1n) is 5.74. The second-order valence-corrected chi connectivity index (χ2v) is 3.94. The van der Waals surface area contributed by atoms with E-state index in [4.69, 9.17) is 0 Å². The van der Waals surface area contributed by atoms with Gasteiger partial charge in [-0.3, -0.25) is 4.98 Å². The molecule has 19 heavy (non-hydrogen) atoms. The lowest BCUT2D eigenvalue weighted by Crippen LogP contribution is -2.10. The Hall–Kier alpha value is -2.50. The van der Waals surface area contributed by atoms with Crippen molar-refractivity contribution in [2.45, 2.75) is 13.5 Å². The van der Waals surface area contributed by atoms with Gasteiger partial charge in [-0.25, -0.2) is 14.8 Å². The fourth-order valence-electron chi connectivity index (χ4n) is 1.52. The molecular formula is C13H14N4O2. The van der Waals surface area contributed by atoms with Crippen molar-refractivity contribution in [1.29, 1.82) is 0 Å². The van der Waals surface area contributed by atoms with Crippen molar-refractivity contribution in [3.05, 3.63) is 47.7 Å². The van der Waals surface area contributed by atoms with Crippen LogP contribution in [-0.4, -0.2) is 28.0 Å². The summed E-state index contributed by atoms with van der Waals surface area (Å²) in [7, 11) is 1.32. The number of ether oxygens (including phenoxy) is 1. The molecule has 0 aliphatic heterocycles. The van der Waals surface area contributed by atoms with Crippen molar-refractivity contribution in [2.75, 3.05) is 12.4 Å². The topological polar surface area (TPSA) is 77.0 Å². The maximum atomic E-state index is 11.5. The fourth-order valence-corrected chi connectivity index (χ4v) is 1.52. The van der Waals surface area contributed by atoms with Gasteiger partial charge in [0, 0.05) is 24.6 Å². The summed E-state index contributed by atoms with van der Waals surface area (Å²) < 4.78 is 4.67. The van der Waals surface area contributed by atoms with E-state index < -0.39 is 5.97 Å². The highest BCUT2D eigenvalue weighted by Crippen LogP contribution is 2.12. The summed E-state index contributed by atoms with van der Waals surface area (Å²) in [5, 5.41) is 3.07. The van der Waals surface area contributed by atoms with Crippen LogP contribution in [0, 0.1) is 6.92 Å². The van der Waals surface area contributed by atoms with E-state index in [1.807, 2.05) is 19.1 Å². The van der Waals surface area contributed by atoms with Crippen LogP contribution in [0.15, 0.2) is 30.9 Å². The Balaban J connectivity index is 2.11. The maximum absolute atomic E-state index is 11.5. The second kappa shape index (κ2) is 5.90. The van der Waals surface area contributed by atoms with Crippen molar-refractivity contribution >= 4 is 11.8 Å². The van der Waals surface area contributed by atoms with Crippen molar-refractivity contribution in [3.63, 3.8) is 0 Å². The van der Waals surface area contributed by atoms with Gasteiger partial charge in [-0.2, -0.15) is 0 Å². The zero-order valence-corrected chi connectivity index (χ0v) is 10.8. The van der Waals surface area contributed by atoms with Gasteiger partial charge in [-0.05, 0) is 18.6 Å². The number of carbonyl (C=O) groups is 1. The fraction of sp³-hybridized carbons (Fsp3) is 0.231. The van der Waals surface area contributed by atoms with Gasteiger partial charge in [0.2, 0.25) is 0 Å². The van der Waals surface area contributed by atoms with Crippen molar-refractivity contribution in [1.82, 2.24) is 15.0 Å². The lowest BCUT2D eigenvalue weighted by atomic mass is 10.2. The summed E-state index contributed by atoms with van der Waals surface area (Å²) in [6.45, 7) is 2.45. The van der Waals surface area contributed by atoms with E-state index in [1.165, 1.54) is 19.6 Å². The summed E-state index contributed by atoms with van der Waals surface area (Å²) in [6.07, 6.45) is 4.58. The highest BCUT2D eigenvalue weighted by atomic mass is 16.5. The molecule has 0 aromatic carbocycles. The number of pyridine rings is 1. The number of carbonyl (C=O) groups excluding carboxylic acids is 1. The van der Waals surface area contributed by atoms with Crippen LogP contribution in [0.5, 0.6) is 0 Å². The molecule has 2 rings (SSSR count). The molecule has 98 valence electrons. The second-order valence-electron chi connectivity index (χ2n) is 3.94. The Morgan fingerprint density at radius 3 is 2.84 bits per heavy atom. The molecule has 0 bridgehead atoms. The lowest BCUT2D eigenvalue weighted by Gasteiger charge is -2.08. The molecule has 0 saturated carbocycles. The number of esters is 1. The maximum Gasteiger partial charge on any atom is 0.343 e. The number of rotatable bonds is 4. The van der Waals surface area contributed by atoms with Crippen LogP contribution in [0.3, 0.4) is 0 Å². The van der Waals surface area contributed by atoms with E-state index in [0.29, 0.717) is 17.9 Å². The van der Waals surface area contributed by atoms with E-state index >= 15 is 0 Å². The van der Waals surface area contributed by atoms with Crippen LogP contribution in [0.2, 0.25) is 0 Å². The molecule has 0 spiro atoms. The number of nitrogens with one attached hydrogen (secondary N) is 1. The minimum atomic E-state index is -0.467. The first-order chi connectivity index (χ1) is 9.20. The lowest BCUT2D eigenvalue weighted by molar-refractivity contribution is 0.0601. The third kappa shape index (κ3) is 3.25. The molecule has 0 amide bonds. The highest BCUT2D eigenvalue weighted by molar-refractivity contribution is 5.94. The first-order valence-corrected chi connectivity index (χ1v) is 5.74. The van der Waals surface area contributed by atoms with Gasteiger partial charge in [0.25, 0.3) is 0 Å². The van der Waals surface area contributed by atoms with Crippen molar-refractivity contribution in [3.8, 4) is 0 Å². The number of hydrogen-bond donors (Lipinski definition) is 1. The molecule has 0 atom stereocenters. The third-order valence-corrected chi connectivity index (χ3v) is 2.55. The van der Waals surface area contributed by atoms with E-state index in [9.17, 15) is 4.79 Å². The third-order valence-electron chi connectivity index (χ3n) is 2.55. The predicted octanol–water partition coefficient (Wildman–Crippen LogP) is 1.58. The molecule has 0 aliphatic rings. The zero-order valence-electron chi connectivity index (χ0n) is 10.8. The zero-order chi connectivity index (χ0) is 13.7. The molecule has 1 N–H and O–H groups in total. The van der Waals surface area contributed by atoms with E-state index in [0.717, 1.165) is 11.3 Å². The van der Waals surface area contributed by atoms with Gasteiger partial charge in [-0.15, -0.1) is 0 Å². The number of hydrogen-bond acceptors (Lipinski definition) is 6. The van der Waals surface area contributed by atoms with Gasteiger partial charge in [0.05, 0.1) is 7.11 Å². The van der Waals surface area contributed by atoms with Crippen LogP contribution in [0.1, 0.15) is 21.6 Å². The van der Waals surface area contributed by atoms with E-state index in [1.54, 1.807) is 6.20 Å². The molecule has 0 aliphatic carbocycles. The SMILES string of the molecule is COC(=O)c1cncnc1NCc1ccc(C)nc1. The normalized spacial score (nSPS) is 10.0. The number of aromatic nitrogens is 3. The van der Waals surface area contributed by atoms with Crippen molar-refractivity contribution < 1.29 is 9.53 Å². The molecule has 0 saturated heterocycles. The first kappa shape index (κ1) is 12.9. The number of aryl methyl sites for hydroxylation is 1. The Morgan fingerprint density at radius 2 is 2.16 bits per heavy atom. The molecule has 0 radical (unpaired) electrons. The number of nitrogens with zero attached hydrogens (tertiary/aromatic N) is 3. The Morgan fingerprint density at radius 1 is 1.32 bits per heavy atom. The summed E-state index contributed by atoms with van der Waals surface area (Å²) in [6, 6.07) is 3.90. The standard InChI is InChI=1S/C13H14N4O2/c1-9-3-4-10(5-15-9)6-16-12-11(13(18)19-2)7-14-8-17-12/h3-5,7-8H,6H2,1-2H3,(H,14,16,17). The predicted molar refractivity (Wildman–Crippen MR) is 69.7 cm³/mol. The summed E-state index contributed by atoms with van der Waals surface area (Å²) in [5.74, 6) is -0.0208. The van der Waals surface area contributed by atoms with Crippen LogP contribution in [0.25, 0.3) is 0 Å². The molecule has 6 nitrogen and oxygen atoms in total. The van der Waals surface area contributed by atoms with Gasteiger partial charge >= 0.3 is 5.97 Å². The molecule has 0 fully saturated rings. The molecular weight excluding hydrogens is 244 g/mol. The largest absolute Gasteiger partial charge is 0.465 e. The molecule has 0 unspecified atom stereocenters. The molecule has 2 aromatic rings. The van der Waals surface area contributed by atoms with Gasteiger partial charge in [-0.1, -0.05) is 6.07 Å². The Labute approximate surface area is 110 Å². The van der Waals surface area contributed by atoms with Gasteiger partial charge in [0.1, 0.15) is 17.7 Å². The molecule has 2 heterocycles. The van der Waals surface area contributed by atoms with Gasteiger partial charge in [0.15, 0.2) is 0 Å². The van der Waals surface area contributed by atoms with Gasteiger partial charge < -0.3 is 10.1 Å².